The van der Waals surface area contributed by atoms with E-state index in [-0.39, 0.29) is 11.9 Å². The van der Waals surface area contributed by atoms with Gasteiger partial charge in [-0.1, -0.05) is 47.9 Å². The van der Waals surface area contributed by atoms with Crippen LogP contribution in [0.2, 0.25) is 5.02 Å². The fourth-order valence-electron chi connectivity index (χ4n) is 1.74. The lowest BCUT2D eigenvalue weighted by Gasteiger charge is -2.01. The van der Waals surface area contributed by atoms with Crippen LogP contribution in [0, 0.1) is 5.92 Å². The third kappa shape index (κ3) is 4.43. The van der Waals surface area contributed by atoms with Crippen molar-refractivity contribution >= 4 is 23.3 Å². The van der Waals surface area contributed by atoms with Crippen LogP contribution >= 0.6 is 11.6 Å². The Kier molecular flexibility index (Phi) is 5.33. The molecule has 0 saturated heterocycles. The van der Waals surface area contributed by atoms with Crippen molar-refractivity contribution in [2.24, 2.45) is 11.1 Å². The van der Waals surface area contributed by atoms with Crippen LogP contribution in [0.15, 0.2) is 40.0 Å². The van der Waals surface area contributed by atoms with E-state index in [1.807, 2.05) is 26.0 Å². The molecule has 0 saturated carbocycles. The summed E-state index contributed by atoms with van der Waals surface area (Å²) in [5.41, 5.74) is 1.99. The Bertz CT molecular complexity index is 675. The molecule has 22 heavy (non-hydrogen) atoms. The smallest absolute Gasteiger partial charge is 0.335 e. The number of halogens is 1. The molecule has 0 atom stereocenters. The lowest BCUT2D eigenvalue weighted by molar-refractivity contribution is -0.144. The Balaban J connectivity index is 2.07. The molecule has 0 spiro atoms. The first kappa shape index (κ1) is 16.2. The van der Waals surface area contributed by atoms with E-state index < -0.39 is 0 Å². The first-order valence-corrected chi connectivity index (χ1v) is 7.31. The van der Waals surface area contributed by atoms with Gasteiger partial charge in [0.1, 0.15) is 11.4 Å². The van der Waals surface area contributed by atoms with Crippen LogP contribution in [-0.4, -0.2) is 16.8 Å². The molecular weight excluding hydrogens is 304 g/mol. The van der Waals surface area contributed by atoms with E-state index in [2.05, 4.69) is 10.3 Å². The molecule has 2 rings (SSSR count). The zero-order valence-electron chi connectivity index (χ0n) is 12.7. The molecule has 116 valence electrons. The number of carbonyl (C=O) groups is 1. The van der Waals surface area contributed by atoms with Gasteiger partial charge < -0.3 is 9.36 Å². The molecule has 0 unspecified atom stereocenters. The molecule has 1 aromatic heterocycles. The van der Waals surface area contributed by atoms with Crippen molar-refractivity contribution in [3.05, 3.63) is 41.1 Å². The average Bonchev–Trinajstić information content (AvgIpc) is 2.94. The van der Waals surface area contributed by atoms with Crippen molar-refractivity contribution in [3.63, 3.8) is 0 Å². The molecule has 0 radical (unpaired) electrons. The van der Waals surface area contributed by atoms with Gasteiger partial charge in [-0.05, 0) is 25.0 Å². The number of aromatic nitrogens is 1. The summed E-state index contributed by atoms with van der Waals surface area (Å²) in [7, 11) is 0. The topological polar surface area (TPSA) is 64.7 Å². The van der Waals surface area contributed by atoms with Crippen LogP contribution in [0.1, 0.15) is 33.0 Å². The van der Waals surface area contributed by atoms with Crippen molar-refractivity contribution in [3.8, 4) is 11.3 Å². The molecule has 1 aromatic carbocycles. The van der Waals surface area contributed by atoms with E-state index in [1.54, 1.807) is 25.1 Å². The van der Waals surface area contributed by atoms with Gasteiger partial charge in [-0.3, -0.25) is 0 Å². The number of oxime groups is 1. The molecule has 0 fully saturated rings. The number of hydrogen-bond donors (Lipinski definition) is 0. The van der Waals surface area contributed by atoms with E-state index in [0.717, 1.165) is 5.56 Å². The van der Waals surface area contributed by atoms with Gasteiger partial charge in [0.05, 0.1) is 6.42 Å². The maximum atomic E-state index is 11.5. The first-order valence-electron chi connectivity index (χ1n) is 6.93. The van der Waals surface area contributed by atoms with Gasteiger partial charge in [0.25, 0.3) is 0 Å². The molecular formula is C16H17ClN2O3. The van der Waals surface area contributed by atoms with E-state index in [9.17, 15) is 4.79 Å². The normalized spacial score (nSPS) is 11.8. The third-order valence-electron chi connectivity index (χ3n) is 2.87. The first-order chi connectivity index (χ1) is 10.5. The highest BCUT2D eigenvalue weighted by atomic mass is 35.5. The molecule has 5 nitrogen and oxygen atoms in total. The second-order valence-electron chi connectivity index (χ2n) is 5.32. The molecule has 1 heterocycles. The largest absolute Gasteiger partial charge is 0.354 e. The minimum Gasteiger partial charge on any atom is -0.354 e. The summed E-state index contributed by atoms with van der Waals surface area (Å²) in [6, 6.07) is 8.98. The fourth-order valence-corrected chi connectivity index (χ4v) is 1.86. The SMILES string of the molecule is C/C(=N/OC(=O)CC(C)C)c1cc(-c2ccc(Cl)cc2)no1. The summed E-state index contributed by atoms with van der Waals surface area (Å²) in [5, 5.41) is 8.41. The molecule has 2 aromatic rings. The van der Waals surface area contributed by atoms with Crippen molar-refractivity contribution < 1.29 is 14.2 Å². The quantitative estimate of drug-likeness (QED) is 0.468. The van der Waals surface area contributed by atoms with Gasteiger partial charge in [-0.15, -0.1) is 0 Å². The third-order valence-corrected chi connectivity index (χ3v) is 3.12. The van der Waals surface area contributed by atoms with Crippen LogP contribution in [0.3, 0.4) is 0 Å². The Labute approximate surface area is 133 Å². The second-order valence-corrected chi connectivity index (χ2v) is 5.76. The summed E-state index contributed by atoms with van der Waals surface area (Å²) < 4.78 is 5.22. The number of nitrogens with zero attached hydrogens (tertiary/aromatic N) is 2. The van der Waals surface area contributed by atoms with Crippen LogP contribution in [-0.2, 0) is 9.63 Å². The number of benzene rings is 1. The van der Waals surface area contributed by atoms with Crippen LogP contribution in [0.5, 0.6) is 0 Å². The summed E-state index contributed by atoms with van der Waals surface area (Å²) in [6.45, 7) is 5.56. The highest BCUT2D eigenvalue weighted by Gasteiger charge is 2.11. The zero-order valence-corrected chi connectivity index (χ0v) is 13.4. The lowest BCUT2D eigenvalue weighted by Crippen LogP contribution is -2.05. The molecule has 6 heteroatoms. The Morgan fingerprint density at radius 1 is 1.36 bits per heavy atom. The Morgan fingerprint density at radius 3 is 2.68 bits per heavy atom. The number of hydrogen-bond acceptors (Lipinski definition) is 5. The van der Waals surface area contributed by atoms with Gasteiger partial charge in [-0.25, -0.2) is 4.79 Å². The second kappa shape index (κ2) is 7.22. The molecule has 0 N–H and O–H groups in total. The molecule has 0 aliphatic rings. The Morgan fingerprint density at radius 2 is 2.05 bits per heavy atom. The van der Waals surface area contributed by atoms with Crippen LogP contribution in [0.25, 0.3) is 11.3 Å². The fraction of sp³-hybridized carbons (Fsp3) is 0.312. The molecule has 0 aliphatic carbocycles. The monoisotopic (exact) mass is 320 g/mol. The van der Waals surface area contributed by atoms with Crippen molar-refractivity contribution in [1.82, 2.24) is 5.16 Å². The predicted molar refractivity (Wildman–Crippen MR) is 84.7 cm³/mol. The minimum atomic E-state index is -0.369. The van der Waals surface area contributed by atoms with Crippen molar-refractivity contribution in [1.29, 1.82) is 0 Å². The summed E-state index contributed by atoms with van der Waals surface area (Å²) >= 11 is 5.85. The minimum absolute atomic E-state index is 0.227. The van der Waals surface area contributed by atoms with E-state index >= 15 is 0 Å². The van der Waals surface area contributed by atoms with Gasteiger partial charge >= 0.3 is 5.97 Å². The summed E-state index contributed by atoms with van der Waals surface area (Å²) in [6.07, 6.45) is 0.323. The number of carbonyl (C=O) groups excluding carboxylic acids is 1. The van der Waals surface area contributed by atoms with Gasteiger partial charge in [-0.2, -0.15) is 0 Å². The van der Waals surface area contributed by atoms with E-state index in [0.29, 0.717) is 28.6 Å². The van der Waals surface area contributed by atoms with Crippen LogP contribution in [0.4, 0.5) is 0 Å². The van der Waals surface area contributed by atoms with Gasteiger partial charge in [0, 0.05) is 16.7 Å². The molecule has 0 amide bonds. The summed E-state index contributed by atoms with van der Waals surface area (Å²) in [5.74, 6) is 0.305. The molecule has 0 bridgehead atoms. The maximum absolute atomic E-state index is 11.5. The van der Waals surface area contributed by atoms with Crippen molar-refractivity contribution in [2.75, 3.05) is 0 Å². The standard InChI is InChI=1S/C16H17ClN2O3/c1-10(2)8-16(20)22-18-11(3)15-9-14(19-21-15)12-4-6-13(17)7-5-12/h4-7,9-10H,8H2,1-3H3/b18-11-. The van der Waals surface area contributed by atoms with E-state index in [4.69, 9.17) is 21.0 Å². The van der Waals surface area contributed by atoms with Gasteiger partial charge in [0.15, 0.2) is 5.76 Å². The Hall–Kier alpha value is -2.14. The lowest BCUT2D eigenvalue weighted by atomic mass is 10.1. The summed E-state index contributed by atoms with van der Waals surface area (Å²) in [4.78, 5) is 16.3. The van der Waals surface area contributed by atoms with Crippen LogP contribution < -0.4 is 0 Å². The van der Waals surface area contributed by atoms with Gasteiger partial charge in [0.2, 0.25) is 0 Å². The molecule has 0 aliphatic heterocycles. The highest BCUT2D eigenvalue weighted by Crippen LogP contribution is 2.21. The van der Waals surface area contributed by atoms with Crippen molar-refractivity contribution in [2.45, 2.75) is 27.2 Å². The maximum Gasteiger partial charge on any atom is 0.335 e. The zero-order chi connectivity index (χ0) is 16.1. The number of rotatable bonds is 5. The highest BCUT2D eigenvalue weighted by molar-refractivity contribution is 6.30. The van der Waals surface area contributed by atoms with E-state index in [1.165, 1.54) is 0 Å². The predicted octanol–water partition coefficient (Wildman–Crippen LogP) is 4.31. The average molecular weight is 321 g/mol.